The van der Waals surface area contributed by atoms with Crippen molar-refractivity contribution in [1.29, 1.82) is 0 Å². The molecule has 110 valence electrons. The molecule has 0 aliphatic heterocycles. The fourth-order valence-electron chi connectivity index (χ4n) is 1.99. The molecule has 1 aromatic carbocycles. The minimum Gasteiger partial charge on any atom is -0.488 e. The molecule has 21 heavy (non-hydrogen) atoms. The highest BCUT2D eigenvalue weighted by Gasteiger charge is 2.14. The van der Waals surface area contributed by atoms with Crippen molar-refractivity contribution in [1.82, 2.24) is 4.98 Å². The van der Waals surface area contributed by atoms with Crippen molar-refractivity contribution in [3.8, 4) is 5.75 Å². The van der Waals surface area contributed by atoms with Crippen molar-refractivity contribution < 1.29 is 9.66 Å². The molecule has 1 N–H and O–H groups in total. The molecule has 6 nitrogen and oxygen atoms in total. The highest BCUT2D eigenvalue weighted by molar-refractivity contribution is 5.49. The molecule has 0 spiro atoms. The standard InChI is InChI=1S/C15H17N3O3/c1-10-6-11(2)14(7-13(10)18(19)20)21-9-12-4-5-15(16-3)17-8-12/h4-8H,9H2,1-3H3,(H,16,17). The molecule has 1 aromatic heterocycles. The Morgan fingerprint density at radius 2 is 2.05 bits per heavy atom. The predicted molar refractivity (Wildman–Crippen MR) is 80.7 cm³/mol. The van der Waals surface area contributed by atoms with Crippen molar-refractivity contribution in [2.75, 3.05) is 12.4 Å². The third-order valence-electron chi connectivity index (χ3n) is 3.17. The Bertz CT molecular complexity index is 654. The Morgan fingerprint density at radius 1 is 1.29 bits per heavy atom. The van der Waals surface area contributed by atoms with E-state index in [1.54, 1.807) is 26.2 Å². The first-order valence-corrected chi connectivity index (χ1v) is 6.52. The normalized spacial score (nSPS) is 10.2. The molecular formula is C15H17N3O3. The molecule has 0 bridgehead atoms. The van der Waals surface area contributed by atoms with Gasteiger partial charge in [-0.25, -0.2) is 4.98 Å². The molecule has 6 heteroatoms. The molecule has 1 heterocycles. The Labute approximate surface area is 122 Å². The fourth-order valence-corrected chi connectivity index (χ4v) is 1.99. The van der Waals surface area contributed by atoms with Crippen LogP contribution in [0.15, 0.2) is 30.5 Å². The SMILES string of the molecule is CNc1ccc(COc2cc([N+](=O)[O-])c(C)cc2C)cn1. The summed E-state index contributed by atoms with van der Waals surface area (Å²) in [5, 5.41) is 13.9. The summed E-state index contributed by atoms with van der Waals surface area (Å²) < 4.78 is 5.68. The maximum Gasteiger partial charge on any atom is 0.276 e. The highest BCUT2D eigenvalue weighted by Crippen LogP contribution is 2.28. The van der Waals surface area contributed by atoms with Gasteiger partial charge < -0.3 is 10.1 Å². The molecule has 0 saturated carbocycles. The molecule has 0 aliphatic carbocycles. The van der Waals surface area contributed by atoms with Gasteiger partial charge in [-0.3, -0.25) is 10.1 Å². The molecule has 2 rings (SSSR count). The smallest absolute Gasteiger partial charge is 0.276 e. The van der Waals surface area contributed by atoms with E-state index in [1.807, 2.05) is 19.1 Å². The minimum atomic E-state index is -0.398. The van der Waals surface area contributed by atoms with E-state index in [0.29, 0.717) is 17.9 Å². The lowest BCUT2D eigenvalue weighted by molar-refractivity contribution is -0.385. The van der Waals surface area contributed by atoms with Crippen LogP contribution in [0.5, 0.6) is 5.75 Å². The van der Waals surface area contributed by atoms with Crippen LogP contribution in [0, 0.1) is 24.0 Å². The van der Waals surface area contributed by atoms with Gasteiger partial charge in [0.1, 0.15) is 18.2 Å². The molecule has 0 unspecified atom stereocenters. The highest BCUT2D eigenvalue weighted by atomic mass is 16.6. The van der Waals surface area contributed by atoms with E-state index in [0.717, 1.165) is 16.9 Å². The molecule has 0 atom stereocenters. The molecule has 2 aromatic rings. The number of pyridine rings is 1. The number of nitro groups is 1. The largest absolute Gasteiger partial charge is 0.488 e. The lowest BCUT2D eigenvalue weighted by Crippen LogP contribution is -2.01. The van der Waals surface area contributed by atoms with Gasteiger partial charge in [0.2, 0.25) is 0 Å². The molecule has 0 aliphatic rings. The van der Waals surface area contributed by atoms with Gasteiger partial charge in [-0.05, 0) is 31.5 Å². The summed E-state index contributed by atoms with van der Waals surface area (Å²) in [6, 6.07) is 6.98. The van der Waals surface area contributed by atoms with Gasteiger partial charge in [0.05, 0.1) is 11.0 Å². The number of nitro benzene ring substituents is 1. The average molecular weight is 287 g/mol. The van der Waals surface area contributed by atoms with Gasteiger partial charge in [-0.2, -0.15) is 0 Å². The van der Waals surface area contributed by atoms with Crippen LogP contribution in [0.4, 0.5) is 11.5 Å². The first-order chi connectivity index (χ1) is 10.0. The molecule has 0 saturated heterocycles. The zero-order valence-electron chi connectivity index (χ0n) is 12.2. The average Bonchev–Trinajstić information content (AvgIpc) is 2.46. The number of rotatable bonds is 5. The summed E-state index contributed by atoms with van der Waals surface area (Å²) in [5.41, 5.74) is 2.47. The summed E-state index contributed by atoms with van der Waals surface area (Å²) in [5.74, 6) is 1.30. The molecular weight excluding hydrogens is 270 g/mol. The molecule has 0 fully saturated rings. The number of ether oxygens (including phenoxy) is 1. The van der Waals surface area contributed by atoms with Gasteiger partial charge in [0.25, 0.3) is 5.69 Å². The number of aryl methyl sites for hydroxylation is 2. The summed E-state index contributed by atoms with van der Waals surface area (Å²) >= 11 is 0. The second-order valence-electron chi connectivity index (χ2n) is 4.75. The predicted octanol–water partition coefficient (Wildman–Crippen LogP) is 3.23. The maximum absolute atomic E-state index is 11.0. The summed E-state index contributed by atoms with van der Waals surface area (Å²) in [6.45, 7) is 3.90. The van der Waals surface area contributed by atoms with E-state index in [4.69, 9.17) is 4.74 Å². The first-order valence-electron chi connectivity index (χ1n) is 6.52. The van der Waals surface area contributed by atoms with Crippen LogP contribution in [0.2, 0.25) is 0 Å². The number of aromatic nitrogens is 1. The van der Waals surface area contributed by atoms with E-state index in [1.165, 1.54) is 6.07 Å². The minimum absolute atomic E-state index is 0.0688. The van der Waals surface area contributed by atoms with Gasteiger partial charge in [0, 0.05) is 24.4 Å². The van der Waals surface area contributed by atoms with Crippen molar-refractivity contribution in [2.24, 2.45) is 0 Å². The van der Waals surface area contributed by atoms with Gasteiger partial charge >= 0.3 is 0 Å². The quantitative estimate of drug-likeness (QED) is 0.674. The number of benzene rings is 1. The number of nitrogens with one attached hydrogen (secondary N) is 1. The van der Waals surface area contributed by atoms with Crippen LogP contribution in [0.3, 0.4) is 0 Å². The van der Waals surface area contributed by atoms with Crippen molar-refractivity contribution in [3.63, 3.8) is 0 Å². The van der Waals surface area contributed by atoms with Crippen LogP contribution in [0.1, 0.15) is 16.7 Å². The molecule has 0 radical (unpaired) electrons. The van der Waals surface area contributed by atoms with E-state index in [9.17, 15) is 10.1 Å². The van der Waals surface area contributed by atoms with Crippen LogP contribution in [-0.4, -0.2) is 17.0 Å². The fraction of sp³-hybridized carbons (Fsp3) is 0.267. The summed E-state index contributed by atoms with van der Waals surface area (Å²) in [4.78, 5) is 14.8. The molecule has 0 amide bonds. The van der Waals surface area contributed by atoms with Crippen LogP contribution in [-0.2, 0) is 6.61 Å². The van der Waals surface area contributed by atoms with Gasteiger partial charge in [-0.1, -0.05) is 6.07 Å². The van der Waals surface area contributed by atoms with E-state index in [-0.39, 0.29) is 5.69 Å². The van der Waals surface area contributed by atoms with Gasteiger partial charge in [0.15, 0.2) is 0 Å². The van der Waals surface area contributed by atoms with E-state index < -0.39 is 4.92 Å². The van der Waals surface area contributed by atoms with Crippen LogP contribution in [0.25, 0.3) is 0 Å². The van der Waals surface area contributed by atoms with Crippen molar-refractivity contribution in [2.45, 2.75) is 20.5 Å². The number of nitrogens with zero attached hydrogens (tertiary/aromatic N) is 2. The maximum atomic E-state index is 11.0. The van der Waals surface area contributed by atoms with Crippen LogP contribution < -0.4 is 10.1 Å². The third-order valence-corrected chi connectivity index (χ3v) is 3.17. The van der Waals surface area contributed by atoms with E-state index in [2.05, 4.69) is 10.3 Å². The number of anilines is 1. The van der Waals surface area contributed by atoms with E-state index >= 15 is 0 Å². The Hall–Kier alpha value is -2.63. The van der Waals surface area contributed by atoms with Crippen molar-refractivity contribution >= 4 is 11.5 Å². The lowest BCUT2D eigenvalue weighted by atomic mass is 10.1. The Balaban J connectivity index is 2.15. The Kier molecular flexibility index (Phi) is 4.37. The number of hydrogen-bond donors (Lipinski definition) is 1. The van der Waals surface area contributed by atoms with Gasteiger partial charge in [-0.15, -0.1) is 0 Å². The summed E-state index contributed by atoms with van der Waals surface area (Å²) in [7, 11) is 1.80. The second-order valence-corrected chi connectivity index (χ2v) is 4.75. The Morgan fingerprint density at radius 3 is 2.62 bits per heavy atom. The first kappa shape index (κ1) is 14.8. The second kappa shape index (κ2) is 6.21. The topological polar surface area (TPSA) is 77.3 Å². The number of hydrogen-bond acceptors (Lipinski definition) is 5. The van der Waals surface area contributed by atoms with Crippen molar-refractivity contribution in [3.05, 3.63) is 57.3 Å². The summed E-state index contributed by atoms with van der Waals surface area (Å²) in [6.07, 6.45) is 1.71. The zero-order valence-corrected chi connectivity index (χ0v) is 12.2. The third kappa shape index (κ3) is 3.47. The lowest BCUT2D eigenvalue weighted by Gasteiger charge is -2.10. The zero-order chi connectivity index (χ0) is 15.4. The van der Waals surface area contributed by atoms with Crippen LogP contribution >= 0.6 is 0 Å². The monoisotopic (exact) mass is 287 g/mol.